The first-order chi connectivity index (χ1) is 16.4. The molecule has 9 heteroatoms. The molecule has 0 aliphatic carbocycles. The van der Waals surface area contributed by atoms with E-state index < -0.39 is 0 Å². The maximum atomic E-state index is 12.5. The molecule has 8 nitrogen and oxygen atoms in total. The van der Waals surface area contributed by atoms with Crippen LogP contribution in [0.4, 0.5) is 11.4 Å². The van der Waals surface area contributed by atoms with Crippen molar-refractivity contribution < 1.29 is 23.9 Å². The average Bonchev–Trinajstić information content (AvgIpc) is 3.49. The van der Waals surface area contributed by atoms with Crippen molar-refractivity contribution in [3.8, 4) is 5.75 Å². The predicted molar refractivity (Wildman–Crippen MR) is 129 cm³/mol. The molecule has 0 radical (unpaired) electrons. The van der Waals surface area contributed by atoms with Gasteiger partial charge in [-0.3, -0.25) is 14.4 Å². The minimum Gasteiger partial charge on any atom is -0.484 e. The van der Waals surface area contributed by atoms with Crippen molar-refractivity contribution in [2.24, 2.45) is 5.92 Å². The van der Waals surface area contributed by atoms with Crippen LogP contribution >= 0.6 is 11.6 Å². The Morgan fingerprint density at radius 2 is 2.00 bits per heavy atom. The Kier molecular flexibility index (Phi) is 7.70. The average molecular weight is 486 g/mol. The van der Waals surface area contributed by atoms with Crippen molar-refractivity contribution in [2.75, 3.05) is 36.5 Å². The SMILES string of the molecule is Cc1c(Cl)cccc1NC(=O)COc1ccc(N2CC(C(=O)NCC3CCCO3)CC2=O)cc1. The van der Waals surface area contributed by atoms with E-state index in [2.05, 4.69) is 10.6 Å². The zero-order chi connectivity index (χ0) is 24.1. The summed E-state index contributed by atoms with van der Waals surface area (Å²) in [6.45, 7) is 3.22. The standard InChI is InChI=1S/C25H28ClN3O5/c1-16-21(26)5-2-6-22(16)28-23(30)15-34-19-9-7-18(8-10-19)29-14-17(12-24(29)31)25(32)27-13-20-4-3-11-33-20/h2,5-10,17,20H,3-4,11-15H2,1H3,(H,27,32)(H,28,30). The lowest BCUT2D eigenvalue weighted by atomic mass is 10.1. The summed E-state index contributed by atoms with van der Waals surface area (Å²) in [4.78, 5) is 38.8. The van der Waals surface area contributed by atoms with Crippen LogP contribution in [0, 0.1) is 12.8 Å². The molecule has 2 fully saturated rings. The van der Waals surface area contributed by atoms with E-state index in [0.717, 1.165) is 25.0 Å². The first kappa shape index (κ1) is 24.0. The molecule has 2 aromatic carbocycles. The maximum Gasteiger partial charge on any atom is 0.262 e. The molecule has 2 unspecified atom stereocenters. The fraction of sp³-hybridized carbons (Fsp3) is 0.400. The maximum absolute atomic E-state index is 12.5. The molecule has 2 heterocycles. The van der Waals surface area contributed by atoms with Crippen LogP contribution < -0.4 is 20.3 Å². The van der Waals surface area contributed by atoms with Crippen LogP contribution in [0.3, 0.4) is 0 Å². The minimum absolute atomic E-state index is 0.0706. The van der Waals surface area contributed by atoms with Crippen molar-refractivity contribution in [2.45, 2.75) is 32.3 Å². The van der Waals surface area contributed by atoms with E-state index in [1.165, 1.54) is 0 Å². The van der Waals surface area contributed by atoms with Crippen LogP contribution in [0.5, 0.6) is 5.75 Å². The summed E-state index contributed by atoms with van der Waals surface area (Å²) >= 11 is 6.08. The highest BCUT2D eigenvalue weighted by Gasteiger charge is 2.35. The predicted octanol–water partition coefficient (Wildman–Crippen LogP) is 3.31. The molecule has 34 heavy (non-hydrogen) atoms. The molecule has 2 aliphatic heterocycles. The van der Waals surface area contributed by atoms with E-state index >= 15 is 0 Å². The largest absolute Gasteiger partial charge is 0.484 e. The Balaban J connectivity index is 1.26. The topological polar surface area (TPSA) is 97.0 Å². The van der Waals surface area contributed by atoms with Gasteiger partial charge in [-0.1, -0.05) is 17.7 Å². The zero-order valence-electron chi connectivity index (χ0n) is 19.0. The smallest absolute Gasteiger partial charge is 0.262 e. The molecule has 2 atom stereocenters. The molecule has 180 valence electrons. The molecule has 0 aromatic heterocycles. The van der Waals surface area contributed by atoms with Gasteiger partial charge in [0.25, 0.3) is 5.91 Å². The van der Waals surface area contributed by atoms with E-state index in [-0.39, 0.29) is 42.8 Å². The highest BCUT2D eigenvalue weighted by atomic mass is 35.5. The number of anilines is 2. The summed E-state index contributed by atoms with van der Waals surface area (Å²) in [5.74, 6) is -0.404. The summed E-state index contributed by atoms with van der Waals surface area (Å²) < 4.78 is 11.1. The van der Waals surface area contributed by atoms with Crippen LogP contribution in [0.15, 0.2) is 42.5 Å². The molecule has 3 amide bonds. The quantitative estimate of drug-likeness (QED) is 0.598. The molecule has 0 spiro atoms. The molecule has 2 aromatic rings. The Bertz CT molecular complexity index is 1050. The Morgan fingerprint density at radius 3 is 2.74 bits per heavy atom. The molecule has 2 saturated heterocycles. The Hall–Kier alpha value is -3.10. The second-order valence-corrected chi connectivity index (χ2v) is 8.94. The van der Waals surface area contributed by atoms with Gasteiger partial charge in [0.1, 0.15) is 5.75 Å². The fourth-order valence-corrected chi connectivity index (χ4v) is 4.27. The summed E-state index contributed by atoms with van der Waals surface area (Å²) in [7, 11) is 0. The Morgan fingerprint density at radius 1 is 1.21 bits per heavy atom. The van der Waals surface area contributed by atoms with Crippen LogP contribution in [0.1, 0.15) is 24.8 Å². The highest BCUT2D eigenvalue weighted by molar-refractivity contribution is 6.31. The van der Waals surface area contributed by atoms with Crippen LogP contribution in [0.2, 0.25) is 5.02 Å². The normalized spacial score (nSPS) is 19.8. The van der Waals surface area contributed by atoms with Gasteiger partial charge in [-0.15, -0.1) is 0 Å². The molecule has 0 bridgehead atoms. The van der Waals surface area contributed by atoms with Gasteiger partial charge in [-0.25, -0.2) is 0 Å². The summed E-state index contributed by atoms with van der Waals surface area (Å²) in [5, 5.41) is 6.27. The number of ether oxygens (including phenoxy) is 2. The minimum atomic E-state index is -0.386. The second-order valence-electron chi connectivity index (χ2n) is 8.53. The van der Waals surface area contributed by atoms with E-state index in [1.807, 2.05) is 6.92 Å². The number of benzene rings is 2. The van der Waals surface area contributed by atoms with Gasteiger partial charge >= 0.3 is 0 Å². The van der Waals surface area contributed by atoms with Crippen LogP contribution in [-0.2, 0) is 19.1 Å². The van der Waals surface area contributed by atoms with Gasteiger partial charge in [0, 0.05) is 42.5 Å². The summed E-state index contributed by atoms with van der Waals surface area (Å²) in [6.07, 6.45) is 2.22. The third kappa shape index (κ3) is 5.87. The molecule has 0 saturated carbocycles. The van der Waals surface area contributed by atoms with Crippen LogP contribution in [0.25, 0.3) is 0 Å². The van der Waals surface area contributed by atoms with Gasteiger partial charge in [-0.2, -0.15) is 0 Å². The first-order valence-electron chi connectivity index (χ1n) is 11.4. The third-order valence-electron chi connectivity index (χ3n) is 6.08. The second kappa shape index (κ2) is 10.9. The summed E-state index contributed by atoms with van der Waals surface area (Å²) in [6, 6.07) is 12.2. The van der Waals surface area contributed by atoms with Gasteiger partial charge < -0.3 is 25.0 Å². The lowest BCUT2D eigenvalue weighted by Gasteiger charge is -2.18. The lowest BCUT2D eigenvalue weighted by Crippen LogP contribution is -2.37. The van der Waals surface area contributed by atoms with E-state index in [9.17, 15) is 14.4 Å². The van der Waals surface area contributed by atoms with Crippen molar-refractivity contribution >= 4 is 40.7 Å². The fourth-order valence-electron chi connectivity index (χ4n) is 4.10. The monoisotopic (exact) mass is 485 g/mol. The number of hydrogen-bond acceptors (Lipinski definition) is 5. The van der Waals surface area contributed by atoms with Crippen molar-refractivity contribution in [3.05, 3.63) is 53.1 Å². The molecule has 2 aliphatic rings. The number of amides is 3. The zero-order valence-corrected chi connectivity index (χ0v) is 19.8. The first-order valence-corrected chi connectivity index (χ1v) is 11.8. The van der Waals surface area contributed by atoms with Crippen molar-refractivity contribution in [1.29, 1.82) is 0 Å². The number of nitrogens with zero attached hydrogens (tertiary/aromatic N) is 1. The molecule has 2 N–H and O–H groups in total. The summed E-state index contributed by atoms with van der Waals surface area (Å²) in [5.41, 5.74) is 2.11. The molecular weight excluding hydrogens is 458 g/mol. The van der Waals surface area contributed by atoms with Gasteiger partial charge in [0.15, 0.2) is 6.61 Å². The van der Waals surface area contributed by atoms with Gasteiger partial charge in [-0.05, 0) is 61.7 Å². The number of nitrogens with one attached hydrogen (secondary N) is 2. The number of halogens is 1. The van der Waals surface area contributed by atoms with Crippen LogP contribution in [-0.4, -0.2) is 50.1 Å². The highest BCUT2D eigenvalue weighted by Crippen LogP contribution is 2.27. The molecular formula is C25H28ClN3O5. The number of hydrogen-bond donors (Lipinski definition) is 2. The molecule has 4 rings (SSSR count). The van der Waals surface area contributed by atoms with E-state index in [1.54, 1.807) is 47.4 Å². The van der Waals surface area contributed by atoms with Gasteiger partial charge in [0.2, 0.25) is 11.8 Å². The lowest BCUT2D eigenvalue weighted by molar-refractivity contribution is -0.126. The van der Waals surface area contributed by atoms with Crippen molar-refractivity contribution in [1.82, 2.24) is 5.32 Å². The van der Waals surface area contributed by atoms with E-state index in [0.29, 0.717) is 35.2 Å². The Labute approximate surface area is 203 Å². The van der Waals surface area contributed by atoms with Gasteiger partial charge in [0.05, 0.1) is 12.0 Å². The number of carbonyl (C=O) groups is 3. The number of carbonyl (C=O) groups excluding carboxylic acids is 3. The third-order valence-corrected chi connectivity index (χ3v) is 6.49. The van der Waals surface area contributed by atoms with E-state index in [4.69, 9.17) is 21.1 Å². The number of rotatable bonds is 8. The van der Waals surface area contributed by atoms with Crippen molar-refractivity contribution in [3.63, 3.8) is 0 Å².